The number of carbonyl (C=O) groups is 1. The van der Waals surface area contributed by atoms with E-state index < -0.39 is 0 Å². The third-order valence-electron chi connectivity index (χ3n) is 3.49. The van der Waals surface area contributed by atoms with Crippen LogP contribution in [-0.4, -0.2) is 28.8 Å². The van der Waals surface area contributed by atoms with Crippen molar-refractivity contribution in [2.75, 3.05) is 12.3 Å². The van der Waals surface area contributed by atoms with Gasteiger partial charge in [0, 0.05) is 24.3 Å². The average molecular weight is 250 g/mol. The van der Waals surface area contributed by atoms with Gasteiger partial charge in [0.1, 0.15) is 5.75 Å². The molecule has 1 aliphatic rings. The van der Waals surface area contributed by atoms with Gasteiger partial charge in [0.25, 0.3) is 5.91 Å². The van der Waals surface area contributed by atoms with Crippen LogP contribution in [0.4, 0.5) is 5.69 Å². The molecule has 2 unspecified atom stereocenters. The van der Waals surface area contributed by atoms with Gasteiger partial charge in [-0.1, -0.05) is 6.42 Å². The molecule has 5 N–H and O–H groups in total. The smallest absolute Gasteiger partial charge is 0.253 e. The Morgan fingerprint density at radius 2 is 2.22 bits per heavy atom. The monoisotopic (exact) mass is 250 g/mol. The largest absolute Gasteiger partial charge is 0.508 e. The van der Waals surface area contributed by atoms with Crippen molar-refractivity contribution in [3.63, 3.8) is 0 Å². The Hall–Kier alpha value is -1.75. The van der Waals surface area contributed by atoms with Gasteiger partial charge in [0.05, 0.1) is 5.56 Å². The molecular formula is C13H18N2O3. The highest BCUT2D eigenvalue weighted by Crippen LogP contribution is 2.26. The van der Waals surface area contributed by atoms with Crippen LogP contribution in [0.5, 0.6) is 5.75 Å². The molecule has 2 atom stereocenters. The molecule has 18 heavy (non-hydrogen) atoms. The lowest BCUT2D eigenvalue weighted by Gasteiger charge is -2.19. The van der Waals surface area contributed by atoms with E-state index in [9.17, 15) is 15.0 Å². The van der Waals surface area contributed by atoms with Crippen LogP contribution < -0.4 is 11.1 Å². The molecule has 0 bridgehead atoms. The predicted octanol–water partition coefficient (Wildman–Crippen LogP) is 0.865. The fourth-order valence-corrected chi connectivity index (χ4v) is 2.43. The normalized spacial score (nSPS) is 22.9. The summed E-state index contributed by atoms with van der Waals surface area (Å²) in [5.41, 5.74) is 6.32. The zero-order chi connectivity index (χ0) is 13.1. The number of hydrogen-bond acceptors (Lipinski definition) is 4. The van der Waals surface area contributed by atoms with E-state index in [0.29, 0.717) is 5.69 Å². The minimum atomic E-state index is -0.297. The summed E-state index contributed by atoms with van der Waals surface area (Å²) in [6.45, 7) is 0.0838. The van der Waals surface area contributed by atoms with Gasteiger partial charge in [-0.3, -0.25) is 4.79 Å². The lowest BCUT2D eigenvalue weighted by molar-refractivity contribution is 0.0916. The lowest BCUT2D eigenvalue weighted by atomic mass is 10.0. The van der Waals surface area contributed by atoms with Crippen LogP contribution in [0.2, 0.25) is 0 Å². The van der Waals surface area contributed by atoms with Gasteiger partial charge in [-0.15, -0.1) is 0 Å². The van der Waals surface area contributed by atoms with E-state index in [2.05, 4.69) is 5.32 Å². The molecule has 5 nitrogen and oxygen atoms in total. The number of carbonyl (C=O) groups excluding carboxylic acids is 1. The number of nitrogen functional groups attached to an aromatic ring is 1. The summed E-state index contributed by atoms with van der Waals surface area (Å²) in [6, 6.07) is 4.29. The number of phenols is 1. The number of aromatic hydroxyl groups is 1. The minimum absolute atomic E-state index is 0.00995. The van der Waals surface area contributed by atoms with Crippen LogP contribution in [0, 0.1) is 5.92 Å². The molecule has 1 fully saturated rings. The second-order valence-corrected chi connectivity index (χ2v) is 4.73. The quantitative estimate of drug-likeness (QED) is 0.472. The molecule has 1 aromatic rings. The molecular weight excluding hydrogens is 232 g/mol. The molecule has 1 aliphatic carbocycles. The summed E-state index contributed by atoms with van der Waals surface area (Å²) in [5.74, 6) is -0.166. The van der Waals surface area contributed by atoms with Crippen molar-refractivity contribution >= 4 is 11.6 Å². The van der Waals surface area contributed by atoms with Gasteiger partial charge in [0.15, 0.2) is 0 Å². The molecule has 0 saturated heterocycles. The Morgan fingerprint density at radius 1 is 1.44 bits per heavy atom. The maximum absolute atomic E-state index is 12.1. The molecule has 0 aromatic heterocycles. The molecule has 0 radical (unpaired) electrons. The van der Waals surface area contributed by atoms with E-state index in [1.165, 1.54) is 18.2 Å². The van der Waals surface area contributed by atoms with Crippen molar-refractivity contribution in [1.82, 2.24) is 5.32 Å². The second kappa shape index (κ2) is 5.27. The van der Waals surface area contributed by atoms with Gasteiger partial charge in [-0.25, -0.2) is 0 Å². The Labute approximate surface area is 106 Å². The first-order valence-corrected chi connectivity index (χ1v) is 6.12. The standard InChI is InChI=1S/C13H18N2O3/c14-11-5-4-9(17)6-10(11)13(18)15-12-3-1-2-8(12)7-16/h4-6,8,12,16-17H,1-3,7,14H2,(H,15,18). The fourth-order valence-electron chi connectivity index (χ4n) is 2.43. The van der Waals surface area contributed by atoms with Crippen molar-refractivity contribution in [3.8, 4) is 5.75 Å². The minimum Gasteiger partial charge on any atom is -0.508 e. The molecule has 1 aromatic carbocycles. The van der Waals surface area contributed by atoms with Crippen molar-refractivity contribution in [3.05, 3.63) is 23.8 Å². The first-order chi connectivity index (χ1) is 8.61. The van der Waals surface area contributed by atoms with Crippen LogP contribution >= 0.6 is 0 Å². The van der Waals surface area contributed by atoms with Crippen molar-refractivity contribution in [2.24, 2.45) is 5.92 Å². The number of rotatable bonds is 3. The summed E-state index contributed by atoms with van der Waals surface area (Å²) < 4.78 is 0. The van der Waals surface area contributed by atoms with Crippen molar-refractivity contribution in [2.45, 2.75) is 25.3 Å². The Balaban J connectivity index is 2.09. The van der Waals surface area contributed by atoms with E-state index in [1.54, 1.807) is 0 Å². The number of aliphatic hydroxyl groups is 1. The van der Waals surface area contributed by atoms with Gasteiger partial charge in [-0.05, 0) is 31.0 Å². The Kier molecular flexibility index (Phi) is 3.72. The van der Waals surface area contributed by atoms with Crippen LogP contribution in [0.3, 0.4) is 0 Å². The van der Waals surface area contributed by atoms with Crippen LogP contribution in [0.25, 0.3) is 0 Å². The Bertz CT molecular complexity index is 448. The molecule has 2 rings (SSSR count). The summed E-state index contributed by atoms with van der Waals surface area (Å²) in [7, 11) is 0. The molecule has 0 aliphatic heterocycles. The van der Waals surface area contributed by atoms with E-state index in [4.69, 9.17) is 5.73 Å². The number of aliphatic hydroxyl groups excluding tert-OH is 1. The molecule has 5 heteroatoms. The lowest BCUT2D eigenvalue weighted by Crippen LogP contribution is -2.38. The van der Waals surface area contributed by atoms with E-state index >= 15 is 0 Å². The number of nitrogens with two attached hydrogens (primary N) is 1. The van der Waals surface area contributed by atoms with Gasteiger partial charge < -0.3 is 21.3 Å². The summed E-state index contributed by atoms with van der Waals surface area (Å²) in [6.07, 6.45) is 2.80. The SMILES string of the molecule is Nc1ccc(O)cc1C(=O)NC1CCCC1CO. The first-order valence-electron chi connectivity index (χ1n) is 6.12. The maximum atomic E-state index is 12.1. The van der Waals surface area contributed by atoms with Crippen LogP contribution in [-0.2, 0) is 0 Å². The number of anilines is 1. The molecule has 1 saturated carbocycles. The second-order valence-electron chi connectivity index (χ2n) is 4.73. The predicted molar refractivity (Wildman–Crippen MR) is 68.2 cm³/mol. The van der Waals surface area contributed by atoms with Gasteiger partial charge >= 0.3 is 0 Å². The fraction of sp³-hybridized carbons (Fsp3) is 0.462. The van der Waals surface area contributed by atoms with E-state index in [0.717, 1.165) is 19.3 Å². The van der Waals surface area contributed by atoms with E-state index in [-0.39, 0.29) is 35.8 Å². The van der Waals surface area contributed by atoms with Gasteiger partial charge in [-0.2, -0.15) is 0 Å². The van der Waals surface area contributed by atoms with E-state index in [1.807, 2.05) is 0 Å². The Morgan fingerprint density at radius 3 is 2.94 bits per heavy atom. The molecule has 98 valence electrons. The molecule has 0 spiro atoms. The third kappa shape index (κ3) is 2.56. The number of hydrogen-bond donors (Lipinski definition) is 4. The molecule has 1 amide bonds. The highest BCUT2D eigenvalue weighted by atomic mass is 16.3. The highest BCUT2D eigenvalue weighted by Gasteiger charge is 2.28. The van der Waals surface area contributed by atoms with Crippen molar-refractivity contribution in [1.29, 1.82) is 0 Å². The zero-order valence-corrected chi connectivity index (χ0v) is 10.1. The summed E-state index contributed by atoms with van der Waals surface area (Å²) >= 11 is 0. The number of benzene rings is 1. The average Bonchev–Trinajstić information content (AvgIpc) is 2.79. The zero-order valence-electron chi connectivity index (χ0n) is 10.1. The summed E-state index contributed by atoms with van der Waals surface area (Å²) in [5, 5.41) is 21.4. The van der Waals surface area contributed by atoms with Crippen LogP contribution in [0.1, 0.15) is 29.6 Å². The number of phenolic OH excluding ortho intramolecular Hbond substituents is 1. The maximum Gasteiger partial charge on any atom is 0.253 e. The first kappa shape index (κ1) is 12.7. The molecule has 0 heterocycles. The topological polar surface area (TPSA) is 95.6 Å². The summed E-state index contributed by atoms with van der Waals surface area (Å²) in [4.78, 5) is 12.1. The third-order valence-corrected chi connectivity index (χ3v) is 3.49. The number of nitrogens with one attached hydrogen (secondary N) is 1. The highest BCUT2D eigenvalue weighted by molar-refractivity contribution is 5.99. The van der Waals surface area contributed by atoms with Gasteiger partial charge in [0.2, 0.25) is 0 Å². The van der Waals surface area contributed by atoms with Crippen LogP contribution in [0.15, 0.2) is 18.2 Å². The number of amides is 1. The van der Waals surface area contributed by atoms with Crippen molar-refractivity contribution < 1.29 is 15.0 Å².